The maximum absolute atomic E-state index is 2.55. The van der Waals surface area contributed by atoms with E-state index in [-0.39, 0.29) is 0 Å². The van der Waals surface area contributed by atoms with Crippen molar-refractivity contribution in [2.75, 3.05) is 0 Å². The Labute approximate surface area is 142 Å². The van der Waals surface area contributed by atoms with Crippen molar-refractivity contribution in [3.05, 3.63) is 50.9 Å². The van der Waals surface area contributed by atoms with Gasteiger partial charge in [0.05, 0.1) is 0 Å². The van der Waals surface area contributed by atoms with Crippen molar-refractivity contribution in [2.24, 2.45) is 5.92 Å². The Morgan fingerprint density at radius 1 is 1.10 bits per heavy atom. The van der Waals surface area contributed by atoms with Crippen molar-refractivity contribution in [3.63, 3.8) is 0 Å². The average molecular weight is 329 g/mol. The summed E-state index contributed by atoms with van der Waals surface area (Å²) in [4.78, 5) is 0. The summed E-state index contributed by atoms with van der Waals surface area (Å²) in [6.07, 6.45) is 5.50. The van der Waals surface area contributed by atoms with Gasteiger partial charge in [0.2, 0.25) is 0 Å². The third-order valence-corrected chi connectivity index (χ3v) is 9.83. The molecule has 0 saturated carbocycles. The van der Waals surface area contributed by atoms with Gasteiger partial charge in [-0.2, -0.15) is 0 Å². The SMILES string of the molecule is CC1=[C]([Ti])C2=C(CCCC2)C1C[Si](C)(C)c1ccccc1. The summed E-state index contributed by atoms with van der Waals surface area (Å²) in [7, 11) is -1.36. The Morgan fingerprint density at radius 2 is 1.76 bits per heavy atom. The van der Waals surface area contributed by atoms with Crippen molar-refractivity contribution >= 4 is 13.3 Å². The molecule has 0 bridgehead atoms. The van der Waals surface area contributed by atoms with E-state index in [0.717, 1.165) is 5.92 Å². The van der Waals surface area contributed by atoms with Gasteiger partial charge < -0.3 is 0 Å². The number of hydrogen-bond donors (Lipinski definition) is 0. The molecule has 0 radical (unpaired) electrons. The van der Waals surface area contributed by atoms with Gasteiger partial charge >= 0.3 is 142 Å². The molecule has 0 aromatic heterocycles. The van der Waals surface area contributed by atoms with Gasteiger partial charge in [0, 0.05) is 0 Å². The minimum absolute atomic E-state index is 0.752. The van der Waals surface area contributed by atoms with Gasteiger partial charge in [-0.1, -0.05) is 0 Å². The fraction of sp³-hybridized carbons (Fsp3) is 0.474. The summed E-state index contributed by atoms with van der Waals surface area (Å²) < 4.78 is 1.63. The molecule has 21 heavy (non-hydrogen) atoms. The molecule has 2 heteroatoms. The molecule has 0 aliphatic heterocycles. The van der Waals surface area contributed by atoms with Gasteiger partial charge in [-0.25, -0.2) is 0 Å². The van der Waals surface area contributed by atoms with Crippen molar-refractivity contribution < 1.29 is 20.4 Å². The first-order valence-corrected chi connectivity index (χ1v) is 12.2. The van der Waals surface area contributed by atoms with Crippen molar-refractivity contribution in [2.45, 2.75) is 51.7 Å². The van der Waals surface area contributed by atoms with Crippen LogP contribution in [-0.2, 0) is 20.4 Å². The molecule has 2 aliphatic rings. The number of benzene rings is 1. The van der Waals surface area contributed by atoms with Crippen LogP contribution in [0.4, 0.5) is 0 Å². The number of allylic oxidation sites excluding steroid dienone is 4. The maximum atomic E-state index is 2.55. The summed E-state index contributed by atoms with van der Waals surface area (Å²) in [5, 5.41) is 1.61. The summed E-state index contributed by atoms with van der Waals surface area (Å²) in [6.45, 7) is 7.49. The fourth-order valence-corrected chi connectivity index (χ4v) is 7.69. The molecule has 1 aromatic rings. The molecule has 0 heterocycles. The molecular weight excluding hydrogens is 304 g/mol. The molecule has 0 spiro atoms. The molecular formula is C19H25SiTi. The van der Waals surface area contributed by atoms with Gasteiger partial charge in [0.25, 0.3) is 0 Å². The van der Waals surface area contributed by atoms with Crippen LogP contribution < -0.4 is 5.19 Å². The van der Waals surface area contributed by atoms with Crippen molar-refractivity contribution in [1.29, 1.82) is 0 Å². The molecule has 2 aliphatic carbocycles. The molecule has 1 unspecified atom stereocenters. The van der Waals surface area contributed by atoms with Crippen LogP contribution in [0.3, 0.4) is 0 Å². The van der Waals surface area contributed by atoms with E-state index in [0.29, 0.717) is 0 Å². The van der Waals surface area contributed by atoms with E-state index in [1.54, 1.807) is 20.2 Å². The first-order chi connectivity index (χ1) is 10.0. The monoisotopic (exact) mass is 329 g/mol. The zero-order chi connectivity index (χ0) is 15.0. The van der Waals surface area contributed by atoms with Crippen LogP contribution in [0.1, 0.15) is 32.6 Å². The van der Waals surface area contributed by atoms with Crippen LogP contribution in [0.5, 0.6) is 0 Å². The Balaban J connectivity index is 1.89. The summed E-state index contributed by atoms with van der Waals surface area (Å²) in [5.41, 5.74) is 5.23. The van der Waals surface area contributed by atoms with Gasteiger partial charge in [0.15, 0.2) is 0 Å². The zero-order valence-electron chi connectivity index (χ0n) is 13.5. The third kappa shape index (κ3) is 2.93. The standard InChI is InChI=1S/C19H25Si.Ti/c1-15-13-16-9-7-8-12-18(16)19(15)14-20(2,3)17-10-5-4-6-11-17;/h4-6,10-11,19H,7-9,12,14H2,1-3H3;. The second kappa shape index (κ2) is 6.02. The van der Waals surface area contributed by atoms with E-state index in [1.807, 2.05) is 5.57 Å². The predicted octanol–water partition coefficient (Wildman–Crippen LogP) is 4.92. The van der Waals surface area contributed by atoms with Gasteiger partial charge in [0.1, 0.15) is 0 Å². The summed E-state index contributed by atoms with van der Waals surface area (Å²) >= 11 is 2.37. The third-order valence-electron chi connectivity index (χ3n) is 5.42. The van der Waals surface area contributed by atoms with E-state index in [2.05, 4.69) is 70.8 Å². The van der Waals surface area contributed by atoms with Crippen LogP contribution in [0.25, 0.3) is 0 Å². The molecule has 109 valence electrons. The van der Waals surface area contributed by atoms with Crippen molar-refractivity contribution in [1.82, 2.24) is 0 Å². The average Bonchev–Trinajstić information content (AvgIpc) is 2.74. The number of rotatable bonds is 3. The summed E-state index contributed by atoms with van der Waals surface area (Å²) in [5.74, 6) is 0.752. The van der Waals surface area contributed by atoms with Crippen LogP contribution >= 0.6 is 0 Å². The van der Waals surface area contributed by atoms with E-state index in [1.165, 1.54) is 31.7 Å². The normalized spacial score (nSPS) is 22.7. The zero-order valence-corrected chi connectivity index (χ0v) is 16.1. The molecule has 0 N–H and O–H groups in total. The number of hydrogen-bond acceptors (Lipinski definition) is 0. The molecule has 3 rings (SSSR count). The first-order valence-electron chi connectivity index (χ1n) is 8.21. The topological polar surface area (TPSA) is 0 Å². The molecule has 0 fully saturated rings. The van der Waals surface area contributed by atoms with Crippen LogP contribution in [-0.4, -0.2) is 8.07 Å². The second-order valence-electron chi connectivity index (χ2n) is 7.28. The van der Waals surface area contributed by atoms with Gasteiger partial charge in [-0.15, -0.1) is 0 Å². The summed E-state index contributed by atoms with van der Waals surface area (Å²) in [6, 6.07) is 12.6. The molecule has 1 atom stereocenters. The Morgan fingerprint density at radius 3 is 2.48 bits per heavy atom. The fourth-order valence-electron chi connectivity index (χ4n) is 4.07. The quantitative estimate of drug-likeness (QED) is 0.690. The van der Waals surface area contributed by atoms with Crippen LogP contribution in [0, 0.1) is 5.92 Å². The second-order valence-corrected chi connectivity index (χ2v) is 12.8. The first kappa shape index (κ1) is 15.5. The molecule has 0 amide bonds. The van der Waals surface area contributed by atoms with Crippen molar-refractivity contribution in [3.8, 4) is 0 Å². The molecule has 0 nitrogen and oxygen atoms in total. The van der Waals surface area contributed by atoms with E-state index in [9.17, 15) is 0 Å². The van der Waals surface area contributed by atoms with Crippen LogP contribution in [0.2, 0.25) is 19.1 Å². The minimum atomic E-state index is -1.36. The van der Waals surface area contributed by atoms with Gasteiger partial charge in [-0.05, 0) is 0 Å². The Hall–Kier alpha value is -0.369. The van der Waals surface area contributed by atoms with Gasteiger partial charge in [-0.3, -0.25) is 0 Å². The van der Waals surface area contributed by atoms with E-state index >= 15 is 0 Å². The van der Waals surface area contributed by atoms with E-state index in [4.69, 9.17) is 0 Å². The predicted molar refractivity (Wildman–Crippen MR) is 90.0 cm³/mol. The molecule has 1 aromatic carbocycles. The Bertz CT molecular complexity index is 595. The molecule has 0 saturated heterocycles. The van der Waals surface area contributed by atoms with Crippen LogP contribution in [0.15, 0.2) is 50.9 Å². The van der Waals surface area contributed by atoms with E-state index < -0.39 is 8.07 Å². The Kier molecular flexibility index (Phi) is 4.45.